The first-order valence-electron chi connectivity index (χ1n) is 9.50. The van der Waals surface area contributed by atoms with E-state index in [1.165, 1.54) is 0 Å². The Kier molecular flexibility index (Phi) is 5.44. The van der Waals surface area contributed by atoms with Crippen LogP contribution in [0.4, 0.5) is 4.79 Å². The predicted molar refractivity (Wildman–Crippen MR) is 103 cm³/mol. The van der Waals surface area contributed by atoms with Gasteiger partial charge >= 0.3 is 6.09 Å². The van der Waals surface area contributed by atoms with Crippen LogP contribution in [0.2, 0.25) is 0 Å². The van der Waals surface area contributed by atoms with Gasteiger partial charge in [-0.05, 0) is 52.7 Å². The van der Waals surface area contributed by atoms with Gasteiger partial charge in [-0.1, -0.05) is 18.2 Å². The number of hydrogen-bond donors (Lipinski definition) is 1. The van der Waals surface area contributed by atoms with E-state index in [1.807, 2.05) is 58.0 Å². The predicted octanol–water partition coefficient (Wildman–Crippen LogP) is 4.26. The van der Waals surface area contributed by atoms with Gasteiger partial charge in [0.15, 0.2) is 0 Å². The van der Waals surface area contributed by atoms with E-state index in [0.717, 1.165) is 16.7 Å². The molecule has 6 heteroatoms. The molecule has 1 fully saturated rings. The van der Waals surface area contributed by atoms with Gasteiger partial charge in [-0.15, -0.1) is 0 Å². The van der Waals surface area contributed by atoms with Crippen molar-refractivity contribution in [2.24, 2.45) is 5.92 Å². The van der Waals surface area contributed by atoms with Gasteiger partial charge in [0.1, 0.15) is 16.9 Å². The second-order valence-electron chi connectivity index (χ2n) is 8.16. The Morgan fingerprint density at radius 3 is 2.52 bits per heavy atom. The van der Waals surface area contributed by atoms with Crippen molar-refractivity contribution < 1.29 is 18.7 Å². The number of para-hydroxylation sites is 1. The Morgan fingerprint density at radius 2 is 1.89 bits per heavy atom. The maximum absolute atomic E-state index is 12.6. The average molecular weight is 372 g/mol. The van der Waals surface area contributed by atoms with Crippen LogP contribution in [0.25, 0.3) is 11.0 Å². The van der Waals surface area contributed by atoms with Crippen molar-refractivity contribution in [1.29, 1.82) is 0 Å². The first kappa shape index (κ1) is 19.3. The maximum atomic E-state index is 12.6. The van der Waals surface area contributed by atoms with Crippen LogP contribution in [-0.2, 0) is 9.53 Å². The van der Waals surface area contributed by atoms with E-state index in [2.05, 4.69) is 5.32 Å². The summed E-state index contributed by atoms with van der Waals surface area (Å²) in [5, 5.41) is 4.07. The van der Waals surface area contributed by atoms with Gasteiger partial charge < -0.3 is 19.4 Å². The maximum Gasteiger partial charge on any atom is 0.410 e. The Hall–Kier alpha value is -2.50. The van der Waals surface area contributed by atoms with E-state index in [4.69, 9.17) is 9.15 Å². The summed E-state index contributed by atoms with van der Waals surface area (Å²) < 4.78 is 11.2. The Bertz CT molecular complexity index is 780. The average Bonchev–Trinajstić information content (AvgIpc) is 3.04. The molecular formula is C21H28N2O4. The minimum absolute atomic E-state index is 0.00629. The highest BCUT2D eigenvalue weighted by molar-refractivity contribution is 5.80. The van der Waals surface area contributed by atoms with Crippen LogP contribution in [0, 0.1) is 5.92 Å². The number of nitrogens with zero attached hydrogens (tertiary/aromatic N) is 1. The van der Waals surface area contributed by atoms with E-state index in [9.17, 15) is 9.59 Å². The zero-order valence-corrected chi connectivity index (χ0v) is 16.5. The molecule has 1 N–H and O–H groups in total. The largest absolute Gasteiger partial charge is 0.459 e. The molecule has 2 aromatic rings. The van der Waals surface area contributed by atoms with Crippen molar-refractivity contribution in [2.45, 2.75) is 52.2 Å². The number of hydrogen-bond acceptors (Lipinski definition) is 4. The highest BCUT2D eigenvalue weighted by Crippen LogP contribution is 2.25. The summed E-state index contributed by atoms with van der Waals surface area (Å²) in [6.45, 7) is 8.54. The normalized spacial score (nSPS) is 17.0. The molecule has 0 bridgehead atoms. The Labute approximate surface area is 159 Å². The summed E-state index contributed by atoms with van der Waals surface area (Å²) in [4.78, 5) is 26.4. The van der Waals surface area contributed by atoms with Crippen molar-refractivity contribution in [3.63, 3.8) is 0 Å². The molecule has 1 atom stereocenters. The topological polar surface area (TPSA) is 71.8 Å². The van der Waals surface area contributed by atoms with Gasteiger partial charge in [-0.25, -0.2) is 4.79 Å². The highest BCUT2D eigenvalue weighted by Gasteiger charge is 2.30. The van der Waals surface area contributed by atoms with Crippen LogP contribution >= 0.6 is 0 Å². The number of fused-ring (bicyclic) bond motifs is 1. The minimum atomic E-state index is -0.507. The molecule has 0 saturated carbocycles. The fraction of sp³-hybridized carbons (Fsp3) is 0.524. The lowest BCUT2D eigenvalue weighted by Gasteiger charge is -2.33. The highest BCUT2D eigenvalue weighted by atomic mass is 16.6. The second kappa shape index (κ2) is 7.62. The van der Waals surface area contributed by atoms with Crippen molar-refractivity contribution in [3.05, 3.63) is 36.1 Å². The smallest absolute Gasteiger partial charge is 0.410 e. The summed E-state index contributed by atoms with van der Waals surface area (Å²) in [6, 6.07) is 9.56. The number of benzene rings is 1. The van der Waals surface area contributed by atoms with E-state index < -0.39 is 5.60 Å². The molecule has 27 heavy (non-hydrogen) atoms. The molecule has 0 spiro atoms. The van der Waals surface area contributed by atoms with Crippen LogP contribution < -0.4 is 5.32 Å². The van der Waals surface area contributed by atoms with Crippen LogP contribution in [0.1, 0.15) is 52.3 Å². The van der Waals surface area contributed by atoms with Crippen LogP contribution in [0.15, 0.2) is 34.7 Å². The minimum Gasteiger partial charge on any atom is -0.459 e. The lowest BCUT2D eigenvalue weighted by Crippen LogP contribution is -2.45. The lowest BCUT2D eigenvalue weighted by atomic mass is 9.95. The number of furan rings is 1. The van der Waals surface area contributed by atoms with E-state index in [0.29, 0.717) is 25.9 Å². The molecule has 1 aliphatic rings. The molecule has 1 unspecified atom stereocenters. The molecule has 1 aliphatic heterocycles. The van der Waals surface area contributed by atoms with Gasteiger partial charge in [0, 0.05) is 24.4 Å². The molecule has 0 aliphatic carbocycles. The van der Waals surface area contributed by atoms with Crippen molar-refractivity contribution in [1.82, 2.24) is 10.2 Å². The molecule has 1 aromatic heterocycles. The van der Waals surface area contributed by atoms with Crippen LogP contribution in [0.5, 0.6) is 0 Å². The number of likely N-dealkylation sites (tertiary alicyclic amines) is 1. The SMILES string of the molecule is CC(NC(=O)C1CCN(C(=O)OC(C)(C)C)CC1)c1cc2ccccc2o1. The number of piperidine rings is 1. The molecule has 2 heterocycles. The van der Waals surface area contributed by atoms with Gasteiger partial charge in [0.05, 0.1) is 6.04 Å². The van der Waals surface area contributed by atoms with Crippen LogP contribution in [-0.4, -0.2) is 35.6 Å². The monoisotopic (exact) mass is 372 g/mol. The zero-order valence-electron chi connectivity index (χ0n) is 16.5. The summed E-state index contributed by atoms with van der Waals surface area (Å²) in [7, 11) is 0. The standard InChI is InChI=1S/C21H28N2O4/c1-14(18-13-16-7-5-6-8-17(16)26-18)22-19(24)15-9-11-23(12-10-15)20(25)27-21(2,3)4/h5-8,13-15H,9-12H2,1-4H3,(H,22,24). The number of carbonyl (C=O) groups excluding carboxylic acids is 2. The molecule has 1 saturated heterocycles. The first-order valence-corrected chi connectivity index (χ1v) is 9.50. The number of amides is 2. The quantitative estimate of drug-likeness (QED) is 0.874. The van der Waals surface area contributed by atoms with Gasteiger partial charge in [0.25, 0.3) is 0 Å². The van der Waals surface area contributed by atoms with Crippen molar-refractivity contribution in [3.8, 4) is 0 Å². The molecule has 1 aromatic carbocycles. The number of carbonyl (C=O) groups is 2. The van der Waals surface area contributed by atoms with E-state index in [-0.39, 0.29) is 24.0 Å². The third-order valence-electron chi connectivity index (χ3n) is 4.75. The fourth-order valence-corrected chi connectivity index (χ4v) is 3.27. The number of rotatable bonds is 3. The van der Waals surface area contributed by atoms with Gasteiger partial charge in [-0.3, -0.25) is 4.79 Å². The fourth-order valence-electron chi connectivity index (χ4n) is 3.27. The van der Waals surface area contributed by atoms with Crippen molar-refractivity contribution in [2.75, 3.05) is 13.1 Å². The Morgan fingerprint density at radius 1 is 1.22 bits per heavy atom. The first-order chi connectivity index (χ1) is 12.7. The van der Waals surface area contributed by atoms with Gasteiger partial charge in [-0.2, -0.15) is 0 Å². The molecule has 6 nitrogen and oxygen atoms in total. The van der Waals surface area contributed by atoms with Crippen molar-refractivity contribution >= 4 is 23.0 Å². The van der Waals surface area contributed by atoms with Gasteiger partial charge in [0.2, 0.25) is 5.91 Å². The lowest BCUT2D eigenvalue weighted by molar-refractivity contribution is -0.127. The second-order valence-corrected chi connectivity index (χ2v) is 8.16. The summed E-state index contributed by atoms with van der Waals surface area (Å²) in [5.74, 6) is 0.651. The third kappa shape index (κ3) is 4.81. The number of nitrogens with one attached hydrogen (secondary N) is 1. The third-order valence-corrected chi connectivity index (χ3v) is 4.75. The Balaban J connectivity index is 1.52. The van der Waals surface area contributed by atoms with Crippen LogP contribution in [0.3, 0.4) is 0 Å². The van der Waals surface area contributed by atoms with E-state index >= 15 is 0 Å². The zero-order chi connectivity index (χ0) is 19.6. The molecular weight excluding hydrogens is 344 g/mol. The summed E-state index contributed by atoms with van der Waals surface area (Å²) in [6.07, 6.45) is 0.965. The van der Waals surface area contributed by atoms with E-state index in [1.54, 1.807) is 4.90 Å². The molecule has 0 radical (unpaired) electrons. The summed E-state index contributed by atoms with van der Waals surface area (Å²) >= 11 is 0. The molecule has 2 amide bonds. The number of ether oxygens (including phenoxy) is 1. The molecule has 146 valence electrons. The summed E-state index contributed by atoms with van der Waals surface area (Å²) in [5.41, 5.74) is 0.312. The molecule has 3 rings (SSSR count).